The molecule has 0 spiro atoms. The lowest BCUT2D eigenvalue weighted by Crippen LogP contribution is -2.39. The van der Waals surface area contributed by atoms with Gasteiger partial charge in [0.1, 0.15) is 6.33 Å². The summed E-state index contributed by atoms with van der Waals surface area (Å²) < 4.78 is 0. The van der Waals surface area contributed by atoms with Gasteiger partial charge in [-0.05, 0) is 30.9 Å². The van der Waals surface area contributed by atoms with Crippen molar-refractivity contribution in [3.8, 4) is 11.3 Å². The van der Waals surface area contributed by atoms with Gasteiger partial charge in [0.25, 0.3) is 5.91 Å². The van der Waals surface area contributed by atoms with Crippen molar-refractivity contribution in [2.24, 2.45) is 5.92 Å². The minimum Gasteiger partial charge on any atom is -0.396 e. The third-order valence-corrected chi connectivity index (χ3v) is 4.03. The van der Waals surface area contributed by atoms with Crippen molar-refractivity contribution in [1.82, 2.24) is 19.9 Å². The molecule has 0 aliphatic carbocycles. The van der Waals surface area contributed by atoms with Gasteiger partial charge in [0.05, 0.1) is 11.3 Å². The highest BCUT2D eigenvalue weighted by atomic mass is 16.3. The summed E-state index contributed by atoms with van der Waals surface area (Å²) >= 11 is 0. The second-order valence-electron chi connectivity index (χ2n) is 5.48. The van der Waals surface area contributed by atoms with Crippen LogP contribution in [0.3, 0.4) is 0 Å². The van der Waals surface area contributed by atoms with Crippen molar-refractivity contribution >= 4 is 5.91 Å². The Morgan fingerprint density at radius 1 is 1.18 bits per heavy atom. The van der Waals surface area contributed by atoms with Crippen LogP contribution in [0.5, 0.6) is 0 Å². The maximum absolute atomic E-state index is 12.4. The molecule has 0 saturated carbocycles. The van der Waals surface area contributed by atoms with E-state index < -0.39 is 0 Å². The second kappa shape index (κ2) is 6.62. The molecule has 6 nitrogen and oxygen atoms in total. The molecule has 0 atom stereocenters. The fraction of sp³-hybridized carbons (Fsp3) is 0.375. The van der Waals surface area contributed by atoms with Crippen LogP contribution in [-0.2, 0) is 0 Å². The maximum Gasteiger partial charge on any atom is 0.255 e. The number of hydrogen-bond donors (Lipinski definition) is 1. The van der Waals surface area contributed by atoms with E-state index in [0.29, 0.717) is 24.6 Å². The number of carbonyl (C=O) groups excluding carboxylic acids is 1. The average molecular weight is 298 g/mol. The average Bonchev–Trinajstić information content (AvgIpc) is 2.62. The summed E-state index contributed by atoms with van der Waals surface area (Å²) in [5, 5.41) is 9.15. The SMILES string of the molecule is O=C(c1ccc(-c2cncnc2)nc1)N1CCC(CO)CC1. The van der Waals surface area contributed by atoms with Crippen molar-refractivity contribution in [3.05, 3.63) is 42.6 Å². The van der Waals surface area contributed by atoms with E-state index in [1.165, 1.54) is 6.33 Å². The molecule has 0 aromatic carbocycles. The monoisotopic (exact) mass is 298 g/mol. The zero-order chi connectivity index (χ0) is 15.4. The van der Waals surface area contributed by atoms with E-state index in [4.69, 9.17) is 5.11 Å². The highest BCUT2D eigenvalue weighted by Crippen LogP contribution is 2.19. The molecule has 6 heteroatoms. The fourth-order valence-corrected chi connectivity index (χ4v) is 2.62. The van der Waals surface area contributed by atoms with Crippen molar-refractivity contribution in [2.75, 3.05) is 19.7 Å². The summed E-state index contributed by atoms with van der Waals surface area (Å²) in [4.78, 5) is 26.5. The lowest BCUT2D eigenvalue weighted by atomic mass is 9.97. The first-order valence-electron chi connectivity index (χ1n) is 7.39. The predicted molar refractivity (Wildman–Crippen MR) is 81.0 cm³/mol. The Kier molecular flexibility index (Phi) is 4.39. The molecule has 0 bridgehead atoms. The molecule has 2 aromatic rings. The molecular weight excluding hydrogens is 280 g/mol. The molecule has 2 aromatic heterocycles. The number of aliphatic hydroxyl groups is 1. The summed E-state index contributed by atoms with van der Waals surface area (Å²) in [7, 11) is 0. The quantitative estimate of drug-likeness (QED) is 0.926. The van der Waals surface area contributed by atoms with Crippen LogP contribution >= 0.6 is 0 Å². The number of amides is 1. The molecule has 1 aliphatic rings. The normalized spacial score (nSPS) is 15.8. The van der Waals surface area contributed by atoms with E-state index in [9.17, 15) is 4.79 Å². The summed E-state index contributed by atoms with van der Waals surface area (Å²) in [5.74, 6) is 0.322. The number of pyridine rings is 1. The van der Waals surface area contributed by atoms with Crippen LogP contribution in [0.25, 0.3) is 11.3 Å². The molecule has 3 rings (SSSR count). The van der Waals surface area contributed by atoms with Gasteiger partial charge in [-0.3, -0.25) is 9.78 Å². The van der Waals surface area contributed by atoms with Crippen molar-refractivity contribution in [3.63, 3.8) is 0 Å². The number of aromatic nitrogens is 3. The lowest BCUT2D eigenvalue weighted by Gasteiger charge is -2.31. The van der Waals surface area contributed by atoms with Crippen LogP contribution in [-0.4, -0.2) is 50.6 Å². The van der Waals surface area contributed by atoms with E-state index in [2.05, 4.69) is 15.0 Å². The first-order chi connectivity index (χ1) is 10.8. The number of piperidine rings is 1. The topological polar surface area (TPSA) is 79.2 Å². The minimum absolute atomic E-state index is 0.000230. The van der Waals surface area contributed by atoms with Crippen molar-refractivity contribution in [1.29, 1.82) is 0 Å². The third kappa shape index (κ3) is 3.12. The van der Waals surface area contributed by atoms with E-state index >= 15 is 0 Å². The van der Waals surface area contributed by atoms with Gasteiger partial charge in [-0.25, -0.2) is 9.97 Å². The largest absolute Gasteiger partial charge is 0.396 e. The van der Waals surface area contributed by atoms with E-state index in [1.54, 1.807) is 24.7 Å². The minimum atomic E-state index is -0.000230. The number of carbonyl (C=O) groups is 1. The molecule has 3 heterocycles. The van der Waals surface area contributed by atoms with Crippen LogP contribution < -0.4 is 0 Å². The Morgan fingerprint density at radius 2 is 1.91 bits per heavy atom. The highest BCUT2D eigenvalue weighted by molar-refractivity contribution is 5.94. The smallest absolute Gasteiger partial charge is 0.255 e. The Labute approximate surface area is 128 Å². The Hall–Kier alpha value is -2.34. The van der Waals surface area contributed by atoms with Crippen LogP contribution in [0.15, 0.2) is 37.1 Å². The summed E-state index contributed by atoms with van der Waals surface area (Å²) in [6.07, 6.45) is 8.16. The molecular formula is C16H18N4O2. The van der Waals surface area contributed by atoms with Gasteiger partial charge in [0.15, 0.2) is 0 Å². The number of nitrogens with zero attached hydrogens (tertiary/aromatic N) is 4. The second-order valence-corrected chi connectivity index (χ2v) is 5.48. The van der Waals surface area contributed by atoms with E-state index in [-0.39, 0.29) is 12.5 Å². The fourth-order valence-electron chi connectivity index (χ4n) is 2.62. The first kappa shape index (κ1) is 14.6. The van der Waals surface area contributed by atoms with Crippen LogP contribution in [0.2, 0.25) is 0 Å². The molecule has 114 valence electrons. The molecule has 22 heavy (non-hydrogen) atoms. The van der Waals surface area contributed by atoms with Crippen LogP contribution in [0.1, 0.15) is 23.2 Å². The Balaban J connectivity index is 1.69. The van der Waals surface area contributed by atoms with Crippen molar-refractivity contribution in [2.45, 2.75) is 12.8 Å². The lowest BCUT2D eigenvalue weighted by molar-refractivity contribution is 0.0650. The van der Waals surface area contributed by atoms with E-state index in [0.717, 1.165) is 24.1 Å². The zero-order valence-electron chi connectivity index (χ0n) is 12.2. The highest BCUT2D eigenvalue weighted by Gasteiger charge is 2.23. The van der Waals surface area contributed by atoms with E-state index in [1.807, 2.05) is 11.0 Å². The van der Waals surface area contributed by atoms with Crippen molar-refractivity contribution < 1.29 is 9.90 Å². The Morgan fingerprint density at radius 3 is 2.50 bits per heavy atom. The molecule has 1 aliphatic heterocycles. The van der Waals surface area contributed by atoms with Gasteiger partial charge in [0, 0.05) is 43.9 Å². The summed E-state index contributed by atoms with van der Waals surface area (Å²) in [6, 6.07) is 3.60. The molecule has 1 saturated heterocycles. The molecule has 1 fully saturated rings. The summed E-state index contributed by atoms with van der Waals surface area (Å²) in [6.45, 7) is 1.59. The van der Waals surface area contributed by atoms with Crippen LogP contribution in [0.4, 0.5) is 0 Å². The van der Waals surface area contributed by atoms with Gasteiger partial charge in [-0.15, -0.1) is 0 Å². The maximum atomic E-state index is 12.4. The number of hydrogen-bond acceptors (Lipinski definition) is 5. The van der Waals surface area contributed by atoms with Gasteiger partial charge < -0.3 is 10.0 Å². The number of rotatable bonds is 3. The molecule has 1 N–H and O–H groups in total. The zero-order valence-corrected chi connectivity index (χ0v) is 12.2. The van der Waals surface area contributed by atoms with Gasteiger partial charge in [0.2, 0.25) is 0 Å². The number of likely N-dealkylation sites (tertiary alicyclic amines) is 1. The molecule has 1 amide bonds. The predicted octanol–water partition coefficient (Wildman–Crippen LogP) is 1.38. The first-order valence-corrected chi connectivity index (χ1v) is 7.39. The molecule has 0 radical (unpaired) electrons. The Bertz CT molecular complexity index is 622. The van der Waals surface area contributed by atoms with Gasteiger partial charge >= 0.3 is 0 Å². The number of aliphatic hydroxyl groups excluding tert-OH is 1. The molecule has 0 unspecified atom stereocenters. The van der Waals surface area contributed by atoms with Crippen LogP contribution in [0, 0.1) is 5.92 Å². The van der Waals surface area contributed by atoms with Gasteiger partial charge in [-0.2, -0.15) is 0 Å². The summed E-state index contributed by atoms with van der Waals surface area (Å²) in [5.41, 5.74) is 2.16. The van der Waals surface area contributed by atoms with Gasteiger partial charge in [-0.1, -0.05) is 0 Å². The third-order valence-electron chi connectivity index (χ3n) is 4.03. The standard InChI is InChI=1S/C16H18N4O2/c21-10-12-3-5-20(6-4-12)16(22)13-1-2-15(19-9-13)14-7-17-11-18-8-14/h1-2,7-9,11-12,21H,3-6,10H2.